The second-order valence-electron chi connectivity index (χ2n) is 5.27. The second kappa shape index (κ2) is 5.45. The SMILES string of the molecule is CC(O)C1CCN(Cc2cn[nH]c2-c2cccs2)C1. The number of hydrogen-bond acceptors (Lipinski definition) is 4. The van der Waals surface area contributed by atoms with Crippen molar-refractivity contribution in [2.45, 2.75) is 26.0 Å². The first-order valence-electron chi connectivity index (χ1n) is 6.70. The highest BCUT2D eigenvalue weighted by molar-refractivity contribution is 7.13. The summed E-state index contributed by atoms with van der Waals surface area (Å²) in [5, 5.41) is 19.0. The summed E-state index contributed by atoms with van der Waals surface area (Å²) < 4.78 is 0. The predicted molar refractivity (Wildman–Crippen MR) is 77.0 cm³/mol. The molecule has 2 aromatic rings. The summed E-state index contributed by atoms with van der Waals surface area (Å²) in [6, 6.07) is 4.17. The number of nitrogens with zero attached hydrogens (tertiary/aromatic N) is 2. The van der Waals surface area contributed by atoms with Gasteiger partial charge in [-0.1, -0.05) is 6.07 Å². The molecule has 1 aliphatic rings. The lowest BCUT2D eigenvalue weighted by Gasteiger charge is -2.17. The molecule has 19 heavy (non-hydrogen) atoms. The van der Waals surface area contributed by atoms with E-state index in [1.165, 1.54) is 10.4 Å². The molecule has 5 heteroatoms. The Morgan fingerprint density at radius 2 is 2.53 bits per heavy atom. The molecule has 2 unspecified atom stereocenters. The number of nitrogens with one attached hydrogen (secondary N) is 1. The highest BCUT2D eigenvalue weighted by Crippen LogP contribution is 2.28. The summed E-state index contributed by atoms with van der Waals surface area (Å²) in [6.45, 7) is 4.84. The summed E-state index contributed by atoms with van der Waals surface area (Å²) in [7, 11) is 0. The number of H-pyrrole nitrogens is 1. The normalized spacial score (nSPS) is 21.9. The number of likely N-dealkylation sites (tertiary alicyclic amines) is 1. The van der Waals surface area contributed by atoms with Gasteiger partial charge in [0.15, 0.2) is 0 Å². The van der Waals surface area contributed by atoms with Crippen molar-refractivity contribution in [3.8, 4) is 10.6 Å². The largest absolute Gasteiger partial charge is 0.393 e. The molecule has 2 N–H and O–H groups in total. The molecule has 1 aliphatic heterocycles. The number of rotatable bonds is 4. The fraction of sp³-hybridized carbons (Fsp3) is 0.500. The Labute approximate surface area is 117 Å². The van der Waals surface area contributed by atoms with E-state index in [0.717, 1.165) is 31.7 Å². The van der Waals surface area contributed by atoms with Crippen LogP contribution in [0.4, 0.5) is 0 Å². The van der Waals surface area contributed by atoms with Gasteiger partial charge >= 0.3 is 0 Å². The third-order valence-electron chi connectivity index (χ3n) is 3.87. The zero-order valence-electron chi connectivity index (χ0n) is 11.0. The first-order valence-corrected chi connectivity index (χ1v) is 7.58. The Morgan fingerprint density at radius 1 is 1.63 bits per heavy atom. The predicted octanol–water partition coefficient (Wildman–Crippen LogP) is 2.34. The van der Waals surface area contributed by atoms with Crippen molar-refractivity contribution < 1.29 is 5.11 Å². The second-order valence-corrected chi connectivity index (χ2v) is 6.22. The van der Waals surface area contributed by atoms with Gasteiger partial charge in [0.2, 0.25) is 0 Å². The van der Waals surface area contributed by atoms with Crippen molar-refractivity contribution >= 4 is 11.3 Å². The number of aromatic amines is 1. The molecule has 2 aromatic heterocycles. The average Bonchev–Trinajstić information content (AvgIpc) is 3.09. The van der Waals surface area contributed by atoms with E-state index in [4.69, 9.17) is 0 Å². The van der Waals surface area contributed by atoms with E-state index in [1.54, 1.807) is 11.3 Å². The van der Waals surface area contributed by atoms with E-state index in [0.29, 0.717) is 5.92 Å². The Kier molecular flexibility index (Phi) is 3.68. The molecule has 0 spiro atoms. The summed E-state index contributed by atoms with van der Waals surface area (Å²) >= 11 is 1.73. The lowest BCUT2D eigenvalue weighted by molar-refractivity contribution is 0.127. The number of thiophene rings is 1. The first kappa shape index (κ1) is 12.8. The highest BCUT2D eigenvalue weighted by atomic mass is 32.1. The molecule has 3 heterocycles. The topological polar surface area (TPSA) is 52.1 Å². The van der Waals surface area contributed by atoms with E-state index in [1.807, 2.05) is 13.1 Å². The van der Waals surface area contributed by atoms with Gasteiger partial charge in [0.1, 0.15) is 0 Å². The van der Waals surface area contributed by atoms with E-state index in [9.17, 15) is 5.11 Å². The maximum Gasteiger partial charge on any atom is 0.0794 e. The van der Waals surface area contributed by atoms with Crippen molar-refractivity contribution in [2.24, 2.45) is 5.92 Å². The Morgan fingerprint density at radius 3 is 3.21 bits per heavy atom. The number of aliphatic hydroxyl groups excluding tert-OH is 1. The monoisotopic (exact) mass is 277 g/mol. The van der Waals surface area contributed by atoms with Crippen LogP contribution >= 0.6 is 11.3 Å². The van der Waals surface area contributed by atoms with Gasteiger partial charge in [0.25, 0.3) is 0 Å². The van der Waals surface area contributed by atoms with Crippen molar-refractivity contribution in [2.75, 3.05) is 13.1 Å². The van der Waals surface area contributed by atoms with Crippen LogP contribution in [0.1, 0.15) is 18.9 Å². The van der Waals surface area contributed by atoms with Crippen LogP contribution in [-0.4, -0.2) is 39.4 Å². The summed E-state index contributed by atoms with van der Waals surface area (Å²) in [6.07, 6.45) is 2.81. The van der Waals surface area contributed by atoms with E-state index in [-0.39, 0.29) is 6.10 Å². The van der Waals surface area contributed by atoms with Crippen molar-refractivity contribution in [1.82, 2.24) is 15.1 Å². The van der Waals surface area contributed by atoms with Crippen molar-refractivity contribution in [3.63, 3.8) is 0 Å². The molecule has 4 nitrogen and oxygen atoms in total. The average molecular weight is 277 g/mol. The molecule has 0 aromatic carbocycles. The quantitative estimate of drug-likeness (QED) is 0.902. The lowest BCUT2D eigenvalue weighted by atomic mass is 10.0. The number of hydrogen-bond donors (Lipinski definition) is 2. The molecule has 102 valence electrons. The molecule has 0 radical (unpaired) electrons. The molecular formula is C14H19N3OS. The third-order valence-corrected chi connectivity index (χ3v) is 4.76. The summed E-state index contributed by atoms with van der Waals surface area (Å²) in [5.41, 5.74) is 2.38. The zero-order chi connectivity index (χ0) is 13.2. The Bertz CT molecular complexity index is 521. The van der Waals surface area contributed by atoms with Crippen molar-refractivity contribution in [3.05, 3.63) is 29.3 Å². The fourth-order valence-electron chi connectivity index (χ4n) is 2.71. The van der Waals surface area contributed by atoms with Gasteiger partial charge < -0.3 is 5.11 Å². The van der Waals surface area contributed by atoms with Crippen LogP contribution in [0.3, 0.4) is 0 Å². The summed E-state index contributed by atoms with van der Waals surface area (Å²) in [5.74, 6) is 0.414. The van der Waals surface area contributed by atoms with Crippen LogP contribution in [0.5, 0.6) is 0 Å². The standard InChI is InChI=1S/C14H19N3OS/c1-10(18)11-4-5-17(8-11)9-12-7-15-16-14(12)13-3-2-6-19-13/h2-3,6-7,10-11,18H,4-5,8-9H2,1H3,(H,15,16). The van der Waals surface area contributed by atoms with Crippen LogP contribution in [0.25, 0.3) is 10.6 Å². The zero-order valence-corrected chi connectivity index (χ0v) is 11.9. The van der Waals surface area contributed by atoms with Crippen molar-refractivity contribution in [1.29, 1.82) is 0 Å². The lowest BCUT2D eigenvalue weighted by Crippen LogP contribution is -2.24. The third kappa shape index (κ3) is 2.73. The van der Waals surface area contributed by atoms with Crippen LogP contribution < -0.4 is 0 Å². The highest BCUT2D eigenvalue weighted by Gasteiger charge is 2.26. The molecule has 3 rings (SSSR count). The van der Waals surface area contributed by atoms with Crippen LogP contribution in [0.15, 0.2) is 23.7 Å². The molecule has 0 saturated carbocycles. The van der Waals surface area contributed by atoms with Gasteiger partial charge in [0, 0.05) is 18.7 Å². The van der Waals surface area contributed by atoms with Crippen LogP contribution in [-0.2, 0) is 6.54 Å². The smallest absolute Gasteiger partial charge is 0.0794 e. The molecule has 0 amide bonds. The van der Waals surface area contributed by atoms with Gasteiger partial charge in [-0.05, 0) is 37.3 Å². The minimum atomic E-state index is -0.203. The Hall–Kier alpha value is -1.17. The van der Waals surface area contributed by atoms with Crippen LogP contribution in [0.2, 0.25) is 0 Å². The van der Waals surface area contributed by atoms with Gasteiger partial charge in [-0.3, -0.25) is 10.00 Å². The Balaban J connectivity index is 1.70. The summed E-state index contributed by atoms with van der Waals surface area (Å²) in [4.78, 5) is 3.64. The fourth-order valence-corrected chi connectivity index (χ4v) is 3.46. The minimum absolute atomic E-state index is 0.203. The molecule has 1 fully saturated rings. The minimum Gasteiger partial charge on any atom is -0.393 e. The van der Waals surface area contributed by atoms with Gasteiger partial charge in [-0.2, -0.15) is 5.10 Å². The number of aromatic nitrogens is 2. The van der Waals surface area contributed by atoms with E-state index in [2.05, 4.69) is 32.6 Å². The molecular weight excluding hydrogens is 258 g/mol. The van der Waals surface area contributed by atoms with E-state index >= 15 is 0 Å². The van der Waals surface area contributed by atoms with Gasteiger partial charge in [0.05, 0.1) is 22.9 Å². The first-order chi connectivity index (χ1) is 9.24. The molecule has 2 atom stereocenters. The molecule has 1 saturated heterocycles. The maximum absolute atomic E-state index is 9.66. The number of aliphatic hydroxyl groups is 1. The van der Waals surface area contributed by atoms with Gasteiger partial charge in [-0.25, -0.2) is 0 Å². The molecule has 0 bridgehead atoms. The van der Waals surface area contributed by atoms with E-state index < -0.39 is 0 Å². The molecule has 0 aliphatic carbocycles. The van der Waals surface area contributed by atoms with Gasteiger partial charge in [-0.15, -0.1) is 11.3 Å². The van der Waals surface area contributed by atoms with Crippen LogP contribution in [0, 0.1) is 5.92 Å². The maximum atomic E-state index is 9.66.